The second-order valence-corrected chi connectivity index (χ2v) is 9.67. The number of rotatable bonds is 6. The van der Waals surface area contributed by atoms with Crippen LogP contribution in [0, 0.1) is 5.82 Å². The van der Waals surface area contributed by atoms with Crippen molar-refractivity contribution in [3.05, 3.63) is 93.8 Å². The topological polar surface area (TPSA) is 73.0 Å². The third kappa shape index (κ3) is 5.02. The standard InChI is InChI=1S/C28H26ClFN4O3/c1-32-16-20-10-9-19(14-25(20)34(28(32)37)17-22-23(29)4-2-5-24(22)30)27(36)31-15-18-7-11-21(12-8-18)33-13-3-6-26(33)35/h2,4-5,7-12,14H,3,6,13,15-17H2,1H3,(H,31,36). The van der Waals surface area contributed by atoms with Gasteiger partial charge in [0.2, 0.25) is 5.91 Å². The van der Waals surface area contributed by atoms with Gasteiger partial charge in [-0.3, -0.25) is 14.5 Å². The maximum absolute atomic E-state index is 14.5. The van der Waals surface area contributed by atoms with Gasteiger partial charge in [-0.15, -0.1) is 0 Å². The number of fused-ring (bicyclic) bond motifs is 1. The number of anilines is 2. The minimum atomic E-state index is -0.496. The fourth-order valence-corrected chi connectivity index (χ4v) is 4.94. The lowest BCUT2D eigenvalue weighted by molar-refractivity contribution is -0.117. The van der Waals surface area contributed by atoms with Crippen LogP contribution < -0.4 is 15.1 Å². The first kappa shape index (κ1) is 24.8. The zero-order valence-corrected chi connectivity index (χ0v) is 21.1. The molecule has 7 nitrogen and oxygen atoms in total. The number of carbonyl (C=O) groups excluding carboxylic acids is 3. The molecular weight excluding hydrogens is 495 g/mol. The van der Waals surface area contributed by atoms with E-state index < -0.39 is 5.82 Å². The van der Waals surface area contributed by atoms with Gasteiger partial charge in [-0.1, -0.05) is 35.9 Å². The maximum Gasteiger partial charge on any atom is 0.324 e. The summed E-state index contributed by atoms with van der Waals surface area (Å²) in [6.45, 7) is 1.36. The molecule has 0 aliphatic carbocycles. The van der Waals surface area contributed by atoms with Gasteiger partial charge in [0, 0.05) is 54.9 Å². The molecule has 0 saturated carbocycles. The first-order valence-corrected chi connectivity index (χ1v) is 12.5. The van der Waals surface area contributed by atoms with Gasteiger partial charge < -0.3 is 15.1 Å². The van der Waals surface area contributed by atoms with E-state index in [2.05, 4.69) is 5.32 Å². The predicted octanol–water partition coefficient (Wildman–Crippen LogP) is 5.11. The highest BCUT2D eigenvalue weighted by atomic mass is 35.5. The van der Waals surface area contributed by atoms with Crippen LogP contribution in [0.1, 0.15) is 39.9 Å². The summed E-state index contributed by atoms with van der Waals surface area (Å²) in [6, 6.07) is 16.8. The molecule has 0 spiro atoms. The van der Waals surface area contributed by atoms with Crippen LogP contribution in [0.15, 0.2) is 60.7 Å². The monoisotopic (exact) mass is 520 g/mol. The van der Waals surface area contributed by atoms with Crippen molar-refractivity contribution in [2.75, 3.05) is 23.4 Å². The average molecular weight is 521 g/mol. The highest BCUT2D eigenvalue weighted by molar-refractivity contribution is 6.31. The van der Waals surface area contributed by atoms with Crippen molar-refractivity contribution in [3.8, 4) is 0 Å². The van der Waals surface area contributed by atoms with E-state index in [0.717, 1.165) is 29.8 Å². The van der Waals surface area contributed by atoms with Gasteiger partial charge in [0.1, 0.15) is 5.82 Å². The second kappa shape index (κ2) is 10.2. The fraction of sp³-hybridized carbons (Fsp3) is 0.250. The predicted molar refractivity (Wildman–Crippen MR) is 140 cm³/mol. The molecular formula is C28H26ClFN4O3. The second-order valence-electron chi connectivity index (χ2n) is 9.27. The zero-order chi connectivity index (χ0) is 26.1. The van der Waals surface area contributed by atoms with Crippen molar-refractivity contribution in [1.29, 1.82) is 0 Å². The molecule has 1 N–H and O–H groups in total. The molecule has 3 aromatic carbocycles. The van der Waals surface area contributed by atoms with Crippen LogP contribution in [0.5, 0.6) is 0 Å². The molecule has 2 aliphatic heterocycles. The lowest BCUT2D eigenvalue weighted by atomic mass is 10.0. The fourth-order valence-electron chi connectivity index (χ4n) is 4.72. The van der Waals surface area contributed by atoms with Gasteiger partial charge in [-0.25, -0.2) is 9.18 Å². The van der Waals surface area contributed by atoms with Gasteiger partial charge >= 0.3 is 6.03 Å². The van der Waals surface area contributed by atoms with E-state index in [1.807, 2.05) is 30.3 Å². The summed E-state index contributed by atoms with van der Waals surface area (Å²) in [6.07, 6.45) is 1.44. The van der Waals surface area contributed by atoms with Gasteiger partial charge in [0.15, 0.2) is 0 Å². The van der Waals surface area contributed by atoms with E-state index >= 15 is 0 Å². The number of carbonyl (C=O) groups is 3. The highest BCUT2D eigenvalue weighted by Crippen LogP contribution is 2.32. The summed E-state index contributed by atoms with van der Waals surface area (Å²) in [4.78, 5) is 42.7. The molecule has 37 heavy (non-hydrogen) atoms. The van der Waals surface area contributed by atoms with Crippen molar-refractivity contribution in [2.45, 2.75) is 32.5 Å². The number of hydrogen-bond donors (Lipinski definition) is 1. The number of benzene rings is 3. The van der Waals surface area contributed by atoms with E-state index in [-0.39, 0.29) is 35.0 Å². The minimum absolute atomic E-state index is 0.0569. The first-order chi connectivity index (χ1) is 17.8. The van der Waals surface area contributed by atoms with Crippen molar-refractivity contribution >= 4 is 40.8 Å². The van der Waals surface area contributed by atoms with Gasteiger partial charge in [0.25, 0.3) is 5.91 Å². The van der Waals surface area contributed by atoms with Crippen molar-refractivity contribution in [2.24, 2.45) is 0 Å². The lowest BCUT2D eigenvalue weighted by Crippen LogP contribution is -2.45. The summed E-state index contributed by atoms with van der Waals surface area (Å²) in [5.41, 5.74) is 3.76. The molecule has 5 rings (SSSR count). The van der Waals surface area contributed by atoms with Gasteiger partial charge in [-0.2, -0.15) is 0 Å². The Kier molecular flexibility index (Phi) is 6.84. The van der Waals surface area contributed by atoms with Crippen molar-refractivity contribution in [1.82, 2.24) is 10.2 Å². The molecule has 0 unspecified atom stereocenters. The van der Waals surface area contributed by atoms with E-state index in [1.165, 1.54) is 21.9 Å². The summed E-state index contributed by atoms with van der Waals surface area (Å²) in [5.74, 6) is -0.662. The Morgan fingerprint density at radius 3 is 2.57 bits per heavy atom. The number of amides is 4. The Morgan fingerprint density at radius 2 is 1.86 bits per heavy atom. The normalized spacial score (nSPS) is 15.3. The van der Waals surface area contributed by atoms with Crippen LogP contribution in [0.4, 0.5) is 20.6 Å². The van der Waals surface area contributed by atoms with Crippen molar-refractivity contribution in [3.63, 3.8) is 0 Å². The summed E-state index contributed by atoms with van der Waals surface area (Å²) < 4.78 is 14.5. The lowest BCUT2D eigenvalue weighted by Gasteiger charge is -2.35. The third-order valence-electron chi connectivity index (χ3n) is 6.76. The molecule has 0 bridgehead atoms. The molecule has 0 aromatic heterocycles. The summed E-state index contributed by atoms with van der Waals surface area (Å²) in [5, 5.41) is 3.14. The molecule has 0 atom stereocenters. The zero-order valence-electron chi connectivity index (χ0n) is 20.3. The number of nitrogens with one attached hydrogen (secondary N) is 1. The Bertz CT molecular complexity index is 1360. The van der Waals surface area contributed by atoms with Crippen LogP contribution in [0.3, 0.4) is 0 Å². The Balaban J connectivity index is 1.32. The van der Waals surface area contributed by atoms with E-state index in [4.69, 9.17) is 11.6 Å². The molecule has 2 heterocycles. The van der Waals surface area contributed by atoms with E-state index in [9.17, 15) is 18.8 Å². The SMILES string of the molecule is CN1Cc2ccc(C(=O)NCc3ccc(N4CCCC4=O)cc3)cc2N(Cc2c(F)cccc2Cl)C1=O. The molecule has 9 heteroatoms. The minimum Gasteiger partial charge on any atom is -0.348 e. The van der Waals surface area contributed by atoms with Crippen LogP contribution in [-0.2, 0) is 24.4 Å². The molecule has 1 saturated heterocycles. The molecule has 2 aliphatic rings. The molecule has 3 aromatic rings. The van der Waals surface area contributed by atoms with Crippen LogP contribution >= 0.6 is 11.6 Å². The van der Waals surface area contributed by atoms with Crippen LogP contribution in [0.2, 0.25) is 5.02 Å². The largest absolute Gasteiger partial charge is 0.348 e. The molecule has 0 radical (unpaired) electrons. The summed E-state index contributed by atoms with van der Waals surface area (Å²) >= 11 is 6.22. The number of halogens is 2. The van der Waals surface area contributed by atoms with Gasteiger partial charge in [0.05, 0.1) is 12.2 Å². The molecule has 190 valence electrons. The molecule has 1 fully saturated rings. The van der Waals surface area contributed by atoms with E-state index in [1.54, 1.807) is 30.1 Å². The quantitative estimate of drug-likeness (QED) is 0.491. The Morgan fingerprint density at radius 1 is 1.08 bits per heavy atom. The first-order valence-electron chi connectivity index (χ1n) is 12.1. The van der Waals surface area contributed by atoms with Gasteiger partial charge in [-0.05, 0) is 53.9 Å². The number of nitrogens with zero attached hydrogens (tertiary/aromatic N) is 3. The molecule has 4 amide bonds. The number of hydrogen-bond acceptors (Lipinski definition) is 3. The van der Waals surface area contributed by atoms with Crippen molar-refractivity contribution < 1.29 is 18.8 Å². The number of urea groups is 1. The highest BCUT2D eigenvalue weighted by Gasteiger charge is 2.30. The Hall–Kier alpha value is -3.91. The summed E-state index contributed by atoms with van der Waals surface area (Å²) in [7, 11) is 1.67. The third-order valence-corrected chi connectivity index (χ3v) is 7.11. The van der Waals surface area contributed by atoms with E-state index in [0.29, 0.717) is 30.8 Å². The Labute approximate surface area is 219 Å². The smallest absolute Gasteiger partial charge is 0.324 e. The maximum atomic E-state index is 14.5. The average Bonchev–Trinajstić information content (AvgIpc) is 3.32. The van der Waals surface area contributed by atoms with Crippen LogP contribution in [-0.4, -0.2) is 36.3 Å². The van der Waals surface area contributed by atoms with Crippen LogP contribution in [0.25, 0.3) is 0 Å².